The number of nitrogens with zero attached hydrogens (tertiary/aromatic N) is 2. The molecule has 1 aromatic rings. The quantitative estimate of drug-likeness (QED) is 0.743. The molecule has 3 rings (SSSR count). The molecule has 0 radical (unpaired) electrons. The molecule has 2 aliphatic rings. The number of rotatable bonds is 3. The van der Waals surface area contributed by atoms with Crippen LogP contribution in [0.3, 0.4) is 0 Å². The van der Waals surface area contributed by atoms with Gasteiger partial charge >= 0.3 is 30.9 Å². The summed E-state index contributed by atoms with van der Waals surface area (Å²) in [6, 6.07) is 1.78. The van der Waals surface area contributed by atoms with E-state index in [1.807, 2.05) is 0 Å². The first-order chi connectivity index (χ1) is 13.9. The number of carbonyl (C=O) groups excluding carboxylic acids is 2. The number of benzene rings is 1. The molecule has 2 fully saturated rings. The third-order valence-electron chi connectivity index (χ3n) is 5.53. The van der Waals surface area contributed by atoms with Crippen LogP contribution in [-0.2, 0) is 14.3 Å². The average Bonchev–Trinajstić information content (AvgIpc) is 3.07. The van der Waals surface area contributed by atoms with Gasteiger partial charge in [-0.3, -0.25) is 14.5 Å². The van der Waals surface area contributed by atoms with Crippen LogP contribution in [0.1, 0.15) is 58.1 Å². The molecule has 1 aliphatic carbocycles. The van der Waals surface area contributed by atoms with Crippen LogP contribution in [0.2, 0.25) is 0 Å². The standard InChI is InChI=1S/C21H26F2N2O5.Li.H/c1-20(2,3)30-19(29)25-11-16(13-8-14(22)10-15(23)9-13)24(12-17(26)27)18(28)21(25)6-4-5-7-21;;/h8-10,16H,4-7,11-12H2,1-3H3,(H,26,27);;/t16-;;/m0../s1. The average molecular weight is 432 g/mol. The van der Waals surface area contributed by atoms with Gasteiger partial charge in [-0.2, -0.15) is 0 Å². The van der Waals surface area contributed by atoms with Crippen molar-refractivity contribution < 1.29 is 33.0 Å². The monoisotopic (exact) mass is 432 g/mol. The maximum absolute atomic E-state index is 13.9. The van der Waals surface area contributed by atoms with Crippen molar-refractivity contribution in [3.8, 4) is 0 Å². The molecule has 1 atom stereocenters. The van der Waals surface area contributed by atoms with E-state index in [1.54, 1.807) is 20.8 Å². The Kier molecular flexibility index (Phi) is 7.44. The van der Waals surface area contributed by atoms with E-state index in [-0.39, 0.29) is 31.0 Å². The summed E-state index contributed by atoms with van der Waals surface area (Å²) in [6.45, 7) is 4.36. The second kappa shape index (κ2) is 9.17. The van der Waals surface area contributed by atoms with E-state index >= 15 is 0 Å². The van der Waals surface area contributed by atoms with E-state index in [2.05, 4.69) is 0 Å². The van der Waals surface area contributed by atoms with Gasteiger partial charge in [0.1, 0.15) is 29.3 Å². The van der Waals surface area contributed by atoms with Crippen LogP contribution in [0.4, 0.5) is 13.6 Å². The third-order valence-corrected chi connectivity index (χ3v) is 5.53. The Morgan fingerprint density at radius 2 is 1.71 bits per heavy atom. The van der Waals surface area contributed by atoms with Crippen molar-refractivity contribution in [3.63, 3.8) is 0 Å². The van der Waals surface area contributed by atoms with Crippen LogP contribution in [-0.4, -0.2) is 76.0 Å². The molecule has 0 aromatic heterocycles. The fourth-order valence-electron chi connectivity index (χ4n) is 4.36. The van der Waals surface area contributed by atoms with Crippen molar-refractivity contribution in [2.75, 3.05) is 13.1 Å². The van der Waals surface area contributed by atoms with Crippen molar-refractivity contribution in [1.29, 1.82) is 0 Å². The molecule has 1 aliphatic heterocycles. The first-order valence-electron chi connectivity index (χ1n) is 9.92. The SMILES string of the molecule is CC(C)(C)OC(=O)N1C[C@@H](c2cc(F)cc(F)c2)N(CC(=O)O)C(=O)C12CCCC2.[LiH]. The summed E-state index contributed by atoms with van der Waals surface area (Å²) >= 11 is 0. The number of amides is 2. The summed E-state index contributed by atoms with van der Waals surface area (Å²) in [5.41, 5.74) is -1.93. The van der Waals surface area contributed by atoms with Gasteiger partial charge in [0.05, 0.1) is 6.04 Å². The molecule has 1 N–H and O–H groups in total. The Bertz CT molecular complexity index is 848. The van der Waals surface area contributed by atoms with Crippen molar-refractivity contribution in [2.24, 2.45) is 0 Å². The number of aliphatic carboxylic acids is 1. The van der Waals surface area contributed by atoms with Gasteiger partial charge in [-0.25, -0.2) is 13.6 Å². The van der Waals surface area contributed by atoms with E-state index in [9.17, 15) is 28.3 Å². The van der Waals surface area contributed by atoms with E-state index in [1.165, 1.54) is 4.90 Å². The number of piperazine rings is 1. The number of hydrogen-bond donors (Lipinski definition) is 1. The fraction of sp³-hybridized carbons (Fsp3) is 0.571. The molecule has 0 bridgehead atoms. The molecule has 1 spiro atoms. The predicted molar refractivity (Wildman–Crippen MR) is 110 cm³/mol. The fourth-order valence-corrected chi connectivity index (χ4v) is 4.36. The number of carboxylic acid groups (broad SMARTS) is 1. The predicted octanol–water partition coefficient (Wildman–Crippen LogP) is 2.83. The van der Waals surface area contributed by atoms with Crippen molar-refractivity contribution in [2.45, 2.75) is 63.6 Å². The summed E-state index contributed by atoms with van der Waals surface area (Å²) < 4.78 is 33.3. The molecule has 1 saturated heterocycles. The number of carboxylic acids is 1. The second-order valence-electron chi connectivity index (χ2n) is 8.88. The first-order valence-corrected chi connectivity index (χ1v) is 9.92. The van der Waals surface area contributed by atoms with E-state index in [0.717, 1.165) is 17.0 Å². The Morgan fingerprint density at radius 1 is 1.16 bits per heavy atom. The number of carbonyl (C=O) groups is 3. The molecular formula is C21H27F2LiN2O5. The van der Waals surface area contributed by atoms with Crippen LogP contribution in [0.5, 0.6) is 0 Å². The third kappa shape index (κ3) is 5.21. The van der Waals surface area contributed by atoms with Crippen LogP contribution in [0, 0.1) is 11.6 Å². The van der Waals surface area contributed by atoms with Gasteiger partial charge in [0.15, 0.2) is 0 Å². The van der Waals surface area contributed by atoms with Crippen molar-refractivity contribution in [3.05, 3.63) is 35.4 Å². The summed E-state index contributed by atoms with van der Waals surface area (Å²) in [5, 5.41) is 9.37. The molecule has 10 heteroatoms. The van der Waals surface area contributed by atoms with Crippen LogP contribution in [0.15, 0.2) is 18.2 Å². The Hall–Kier alpha value is -2.11. The number of halogens is 2. The molecule has 7 nitrogen and oxygen atoms in total. The van der Waals surface area contributed by atoms with Crippen molar-refractivity contribution in [1.82, 2.24) is 9.80 Å². The minimum atomic E-state index is -1.25. The van der Waals surface area contributed by atoms with E-state index in [4.69, 9.17) is 4.74 Å². The number of hydrogen-bond acceptors (Lipinski definition) is 4. The van der Waals surface area contributed by atoms with Gasteiger partial charge < -0.3 is 14.7 Å². The molecule has 166 valence electrons. The second-order valence-corrected chi connectivity index (χ2v) is 8.88. The number of ether oxygens (including phenoxy) is 1. The van der Waals surface area contributed by atoms with Gasteiger partial charge in [0.2, 0.25) is 5.91 Å². The van der Waals surface area contributed by atoms with E-state index in [0.29, 0.717) is 31.7 Å². The Morgan fingerprint density at radius 3 is 2.19 bits per heavy atom. The van der Waals surface area contributed by atoms with Crippen LogP contribution < -0.4 is 0 Å². The molecular weight excluding hydrogens is 405 g/mol. The zero-order chi connectivity index (χ0) is 22.3. The van der Waals surface area contributed by atoms with Crippen LogP contribution in [0.25, 0.3) is 0 Å². The Balaban J connectivity index is 0.00000341. The Labute approximate surface area is 191 Å². The topological polar surface area (TPSA) is 87.2 Å². The first kappa shape index (κ1) is 25.2. The summed E-state index contributed by atoms with van der Waals surface area (Å²) in [4.78, 5) is 40.5. The van der Waals surface area contributed by atoms with Gasteiger partial charge in [-0.05, 0) is 51.3 Å². The van der Waals surface area contributed by atoms with Crippen LogP contribution >= 0.6 is 0 Å². The van der Waals surface area contributed by atoms with Gasteiger partial charge in [-0.1, -0.05) is 12.8 Å². The van der Waals surface area contributed by atoms with Crippen molar-refractivity contribution >= 4 is 36.8 Å². The van der Waals surface area contributed by atoms with Gasteiger partial charge in [0, 0.05) is 12.6 Å². The molecule has 31 heavy (non-hydrogen) atoms. The normalized spacial score (nSPS) is 20.5. The molecule has 1 heterocycles. The molecule has 0 unspecified atom stereocenters. The van der Waals surface area contributed by atoms with Gasteiger partial charge in [-0.15, -0.1) is 0 Å². The zero-order valence-corrected chi connectivity index (χ0v) is 17.3. The van der Waals surface area contributed by atoms with Gasteiger partial charge in [0.25, 0.3) is 0 Å². The molecule has 1 saturated carbocycles. The minimum absolute atomic E-state index is 0. The molecule has 2 amide bonds. The maximum atomic E-state index is 13.9. The molecule has 1 aromatic carbocycles. The summed E-state index contributed by atoms with van der Waals surface area (Å²) in [7, 11) is 0. The summed E-state index contributed by atoms with van der Waals surface area (Å²) in [5.74, 6) is -3.48. The zero-order valence-electron chi connectivity index (χ0n) is 17.3. The summed E-state index contributed by atoms with van der Waals surface area (Å²) in [6.07, 6.45) is 1.46. The van der Waals surface area contributed by atoms with E-state index < -0.39 is 53.3 Å².